The number of carbonyl (C=O) groups excluding carboxylic acids is 3. The van der Waals surface area contributed by atoms with Crippen LogP contribution in [0.3, 0.4) is 0 Å². The fraction of sp³-hybridized carbons (Fsp3) is 0.433. The van der Waals surface area contributed by atoms with Crippen LogP contribution >= 0.6 is 11.8 Å². The van der Waals surface area contributed by atoms with E-state index in [1.54, 1.807) is 6.07 Å². The van der Waals surface area contributed by atoms with E-state index in [0.717, 1.165) is 41.9 Å². The van der Waals surface area contributed by atoms with Crippen molar-refractivity contribution in [1.29, 1.82) is 0 Å². The van der Waals surface area contributed by atoms with E-state index >= 15 is 0 Å². The molecule has 2 heterocycles. The zero-order valence-electron chi connectivity index (χ0n) is 24.2. The number of hydrazone groups is 1. The van der Waals surface area contributed by atoms with Crippen LogP contribution in [0.25, 0.3) is 0 Å². The molecule has 1 aromatic heterocycles. The lowest BCUT2D eigenvalue weighted by atomic mass is 9.83. The topological polar surface area (TPSA) is 137 Å². The van der Waals surface area contributed by atoms with E-state index in [0.29, 0.717) is 23.0 Å². The molecule has 1 saturated carbocycles. The minimum Gasteiger partial charge on any atom is -0.324 e. The van der Waals surface area contributed by atoms with Crippen molar-refractivity contribution in [3.8, 4) is 0 Å². The van der Waals surface area contributed by atoms with Crippen LogP contribution in [0.4, 0.5) is 16.2 Å². The summed E-state index contributed by atoms with van der Waals surface area (Å²) < 4.78 is 0. The number of rotatable bonds is 9. The van der Waals surface area contributed by atoms with Gasteiger partial charge in [0, 0.05) is 27.5 Å². The van der Waals surface area contributed by atoms with Crippen LogP contribution in [-0.2, 0) is 15.3 Å². The third kappa shape index (κ3) is 7.04. The van der Waals surface area contributed by atoms with E-state index in [1.165, 1.54) is 28.1 Å². The van der Waals surface area contributed by atoms with Crippen molar-refractivity contribution >= 4 is 46.6 Å². The van der Waals surface area contributed by atoms with Gasteiger partial charge in [-0.05, 0) is 47.5 Å². The van der Waals surface area contributed by atoms with Gasteiger partial charge in [-0.2, -0.15) is 5.10 Å². The molecule has 2 aromatic carbocycles. The van der Waals surface area contributed by atoms with Gasteiger partial charge in [-0.3, -0.25) is 14.5 Å². The van der Waals surface area contributed by atoms with Gasteiger partial charge in [-0.25, -0.2) is 14.9 Å². The second-order valence-corrected chi connectivity index (χ2v) is 12.7. The van der Waals surface area contributed by atoms with Gasteiger partial charge in [0.1, 0.15) is 6.54 Å². The van der Waals surface area contributed by atoms with Crippen LogP contribution in [0.15, 0.2) is 58.5 Å². The molecule has 42 heavy (non-hydrogen) atoms. The van der Waals surface area contributed by atoms with Crippen molar-refractivity contribution in [3.63, 3.8) is 0 Å². The Hall–Kier alpha value is -4.06. The molecular formula is C30H36N8O3S. The number of fused-ring (bicyclic) bond motifs is 1. The van der Waals surface area contributed by atoms with Crippen LogP contribution in [-0.4, -0.2) is 62.2 Å². The molecule has 12 heteroatoms. The number of para-hydroxylation sites is 1. The number of nitrogens with zero attached hydrogens (tertiary/aromatic N) is 6. The van der Waals surface area contributed by atoms with Crippen LogP contribution in [0.5, 0.6) is 0 Å². The maximum absolute atomic E-state index is 14.0. The normalized spacial score (nSPS) is 16.1. The highest BCUT2D eigenvalue weighted by atomic mass is 32.2. The van der Waals surface area contributed by atoms with Gasteiger partial charge in [-0.15, -0.1) is 16.9 Å². The van der Waals surface area contributed by atoms with Gasteiger partial charge in [0.25, 0.3) is 0 Å². The number of hydrogen-bond donors (Lipinski definition) is 2. The number of H-pyrrole nitrogens is 1. The molecule has 11 nitrogen and oxygen atoms in total. The Bertz CT molecular complexity index is 1460. The van der Waals surface area contributed by atoms with E-state index in [9.17, 15) is 14.4 Å². The Morgan fingerprint density at radius 1 is 1.05 bits per heavy atom. The number of anilines is 2. The number of Topliss-reactive ketones (excluding diaryl/α,β-unsaturated/α-hetero) is 1. The smallest absolute Gasteiger partial charge is 0.324 e. The van der Waals surface area contributed by atoms with E-state index < -0.39 is 11.4 Å². The van der Waals surface area contributed by atoms with Crippen molar-refractivity contribution in [2.24, 2.45) is 16.4 Å². The summed E-state index contributed by atoms with van der Waals surface area (Å²) in [5.41, 5.74) is 2.26. The lowest BCUT2D eigenvalue weighted by Gasteiger charge is -2.28. The van der Waals surface area contributed by atoms with Crippen molar-refractivity contribution < 1.29 is 14.4 Å². The van der Waals surface area contributed by atoms with E-state index in [1.807, 2.05) is 63.2 Å². The van der Waals surface area contributed by atoms with Crippen LogP contribution in [0.2, 0.25) is 0 Å². The average molecular weight is 589 g/mol. The van der Waals surface area contributed by atoms with Gasteiger partial charge < -0.3 is 5.32 Å². The van der Waals surface area contributed by atoms with Crippen molar-refractivity contribution in [2.75, 3.05) is 23.3 Å². The molecule has 1 aliphatic carbocycles. The molecular weight excluding hydrogens is 552 g/mol. The molecule has 5 rings (SSSR count). The predicted molar refractivity (Wildman–Crippen MR) is 162 cm³/mol. The molecule has 2 N–H and O–H groups in total. The first kappa shape index (κ1) is 29.4. The van der Waals surface area contributed by atoms with Gasteiger partial charge in [0.15, 0.2) is 11.6 Å². The first-order valence-electron chi connectivity index (χ1n) is 14.2. The van der Waals surface area contributed by atoms with Crippen LogP contribution in [0, 0.1) is 11.3 Å². The van der Waals surface area contributed by atoms with Gasteiger partial charge >= 0.3 is 6.03 Å². The molecule has 2 aliphatic rings. The molecule has 3 aromatic rings. The monoisotopic (exact) mass is 588 g/mol. The molecule has 0 radical (unpaired) electrons. The van der Waals surface area contributed by atoms with E-state index in [-0.39, 0.29) is 30.7 Å². The Morgan fingerprint density at radius 3 is 2.57 bits per heavy atom. The summed E-state index contributed by atoms with van der Waals surface area (Å²) in [5, 5.41) is 22.8. The summed E-state index contributed by atoms with van der Waals surface area (Å²) >= 11 is 1.53. The van der Waals surface area contributed by atoms with Gasteiger partial charge in [-0.1, -0.05) is 64.3 Å². The van der Waals surface area contributed by atoms with Crippen LogP contribution < -0.4 is 10.2 Å². The highest BCUT2D eigenvalue weighted by molar-refractivity contribution is 7.98. The maximum Gasteiger partial charge on any atom is 0.345 e. The summed E-state index contributed by atoms with van der Waals surface area (Å²) in [4.78, 5) is 42.9. The first-order chi connectivity index (χ1) is 20.2. The highest BCUT2D eigenvalue weighted by Crippen LogP contribution is 2.34. The molecule has 1 aliphatic heterocycles. The number of amides is 3. The SMILES string of the molecule is CC(C)(C)C(=O)CN1C(=O)N(CC(=O)Nc2cccc(SCc3nnn[nH]3)c2)N=C(C2CCCCC2)c2ccccc21. The highest BCUT2D eigenvalue weighted by Gasteiger charge is 2.36. The molecule has 0 bridgehead atoms. The standard InChI is InChI=1S/C30H36N8O3S/c1-30(2,3)25(39)17-37-24-15-8-7-14-23(24)28(20-10-5-4-6-11-20)34-38(29(37)41)18-27(40)31-21-12-9-13-22(16-21)42-19-26-32-35-36-33-26/h7-9,12-16,20H,4-6,10-11,17-19H2,1-3H3,(H,31,40)(H,32,33,35,36). The van der Waals surface area contributed by atoms with Gasteiger partial charge in [0.2, 0.25) is 5.91 Å². The lowest BCUT2D eigenvalue weighted by Crippen LogP contribution is -2.47. The minimum atomic E-state index is -0.635. The zero-order chi connectivity index (χ0) is 29.7. The number of aromatic amines is 1. The van der Waals surface area contributed by atoms with Gasteiger partial charge in [0.05, 0.1) is 23.7 Å². The number of aromatic nitrogens is 4. The van der Waals surface area contributed by atoms with Crippen molar-refractivity contribution in [2.45, 2.75) is 63.5 Å². The summed E-state index contributed by atoms with van der Waals surface area (Å²) in [6.07, 6.45) is 5.30. The van der Waals surface area contributed by atoms with E-state index in [4.69, 9.17) is 5.10 Å². The van der Waals surface area contributed by atoms with E-state index in [2.05, 4.69) is 25.9 Å². The average Bonchev–Trinajstić information content (AvgIpc) is 3.47. The third-order valence-corrected chi connectivity index (χ3v) is 8.46. The summed E-state index contributed by atoms with van der Waals surface area (Å²) in [7, 11) is 0. The number of benzene rings is 2. The summed E-state index contributed by atoms with van der Waals surface area (Å²) in [6, 6.07) is 14.6. The van der Waals surface area contributed by atoms with Crippen molar-refractivity contribution in [3.05, 3.63) is 59.9 Å². The maximum atomic E-state index is 14.0. The molecule has 1 fully saturated rings. The Morgan fingerprint density at radius 2 is 1.83 bits per heavy atom. The quantitative estimate of drug-likeness (QED) is 0.325. The summed E-state index contributed by atoms with van der Waals surface area (Å²) in [5.74, 6) is 0.909. The van der Waals surface area contributed by atoms with Crippen molar-refractivity contribution in [1.82, 2.24) is 25.6 Å². The number of hydrogen-bond acceptors (Lipinski definition) is 8. The fourth-order valence-corrected chi connectivity index (χ4v) is 5.91. The number of thioether (sulfide) groups is 1. The number of nitrogens with one attached hydrogen (secondary N) is 2. The Balaban J connectivity index is 1.40. The second kappa shape index (κ2) is 12.8. The lowest BCUT2D eigenvalue weighted by molar-refractivity contribution is -0.124. The number of tetrazole rings is 1. The second-order valence-electron chi connectivity index (χ2n) is 11.6. The number of carbonyl (C=O) groups is 3. The minimum absolute atomic E-state index is 0.0772. The number of urea groups is 1. The predicted octanol–water partition coefficient (Wildman–Crippen LogP) is 5.27. The largest absolute Gasteiger partial charge is 0.345 e. The van der Waals surface area contributed by atoms with Crippen LogP contribution in [0.1, 0.15) is 64.3 Å². The molecule has 220 valence electrons. The first-order valence-corrected chi connectivity index (χ1v) is 15.2. The molecule has 3 amide bonds. The zero-order valence-corrected chi connectivity index (χ0v) is 25.0. The molecule has 0 unspecified atom stereocenters. The molecule has 0 saturated heterocycles. The fourth-order valence-electron chi connectivity index (χ4n) is 5.10. The summed E-state index contributed by atoms with van der Waals surface area (Å²) in [6.45, 7) is 5.13. The number of ketones is 1. The third-order valence-electron chi connectivity index (χ3n) is 7.46. The Kier molecular flexibility index (Phi) is 9.00. The molecule has 0 spiro atoms. The molecule has 0 atom stereocenters. The Labute approximate surface area is 249 Å².